The van der Waals surface area contributed by atoms with Crippen molar-refractivity contribution >= 4 is 17.5 Å². The molecule has 0 bridgehead atoms. The van der Waals surface area contributed by atoms with Crippen LogP contribution in [0.1, 0.15) is 17.3 Å². The fraction of sp³-hybridized carbons (Fsp3) is 0.143. The molecule has 0 spiro atoms. The fourth-order valence-corrected chi connectivity index (χ4v) is 1.86. The van der Waals surface area contributed by atoms with E-state index in [2.05, 4.69) is 4.98 Å². The average Bonchev–Trinajstić information content (AvgIpc) is 2.43. The van der Waals surface area contributed by atoms with Gasteiger partial charge in [0.05, 0.1) is 0 Å². The van der Waals surface area contributed by atoms with Gasteiger partial charge in [-0.3, -0.25) is 0 Å². The average molecular weight is 278 g/mol. The smallest absolute Gasteiger partial charge is 0.338 e. The number of aromatic carboxylic acids is 1. The third-order valence-electron chi connectivity index (χ3n) is 2.81. The van der Waals surface area contributed by atoms with Crippen LogP contribution in [0.5, 0.6) is 0 Å². The van der Waals surface area contributed by atoms with Crippen LogP contribution in [0, 0.1) is 11.6 Å². The Hall–Kier alpha value is -2.50. The van der Waals surface area contributed by atoms with Crippen LogP contribution in [0.15, 0.2) is 36.5 Å². The van der Waals surface area contributed by atoms with E-state index in [1.807, 2.05) is 0 Å². The predicted octanol–water partition coefficient (Wildman–Crippen LogP) is 3.22. The summed E-state index contributed by atoms with van der Waals surface area (Å²) in [5.74, 6) is -2.77. The first kappa shape index (κ1) is 13.9. The van der Waals surface area contributed by atoms with Crippen molar-refractivity contribution in [3.05, 3.63) is 53.7 Å². The molecule has 0 fully saturated rings. The fourth-order valence-electron chi connectivity index (χ4n) is 1.86. The highest BCUT2D eigenvalue weighted by atomic mass is 19.1. The van der Waals surface area contributed by atoms with Gasteiger partial charge < -0.3 is 10.0 Å². The van der Waals surface area contributed by atoms with Crippen LogP contribution in [-0.4, -0.2) is 22.6 Å². The minimum Gasteiger partial charge on any atom is -0.478 e. The number of anilines is 2. The summed E-state index contributed by atoms with van der Waals surface area (Å²) in [4.78, 5) is 16.3. The van der Waals surface area contributed by atoms with E-state index in [0.717, 1.165) is 6.07 Å². The Labute approximate surface area is 114 Å². The molecule has 0 saturated carbocycles. The molecule has 0 unspecified atom stereocenters. The van der Waals surface area contributed by atoms with Gasteiger partial charge in [-0.15, -0.1) is 0 Å². The molecular weight excluding hydrogens is 266 g/mol. The van der Waals surface area contributed by atoms with Gasteiger partial charge >= 0.3 is 5.97 Å². The quantitative estimate of drug-likeness (QED) is 0.933. The van der Waals surface area contributed by atoms with Crippen molar-refractivity contribution < 1.29 is 18.7 Å². The van der Waals surface area contributed by atoms with Crippen LogP contribution in [0.3, 0.4) is 0 Å². The largest absolute Gasteiger partial charge is 0.478 e. The van der Waals surface area contributed by atoms with E-state index in [1.165, 1.54) is 35.4 Å². The van der Waals surface area contributed by atoms with E-state index < -0.39 is 23.2 Å². The number of nitrogens with zero attached hydrogens (tertiary/aromatic N) is 2. The maximum atomic E-state index is 14.2. The van der Waals surface area contributed by atoms with Crippen LogP contribution < -0.4 is 4.90 Å². The summed E-state index contributed by atoms with van der Waals surface area (Å²) in [5.41, 5.74) is 0.0819. The molecule has 2 aromatic rings. The molecule has 4 nitrogen and oxygen atoms in total. The van der Waals surface area contributed by atoms with E-state index in [-0.39, 0.29) is 5.82 Å². The number of carbonyl (C=O) groups is 1. The molecule has 1 heterocycles. The number of benzene rings is 1. The molecule has 0 aliphatic rings. The summed E-state index contributed by atoms with van der Waals surface area (Å²) < 4.78 is 27.1. The molecular formula is C14H12F2N2O2. The summed E-state index contributed by atoms with van der Waals surface area (Å²) >= 11 is 0. The van der Waals surface area contributed by atoms with Crippen LogP contribution in [0.2, 0.25) is 0 Å². The maximum absolute atomic E-state index is 14.2. The van der Waals surface area contributed by atoms with E-state index in [9.17, 15) is 13.6 Å². The van der Waals surface area contributed by atoms with E-state index in [4.69, 9.17) is 5.11 Å². The third-order valence-corrected chi connectivity index (χ3v) is 2.81. The Morgan fingerprint density at radius 2 is 1.90 bits per heavy atom. The van der Waals surface area contributed by atoms with Crippen LogP contribution in [-0.2, 0) is 0 Å². The van der Waals surface area contributed by atoms with Crippen molar-refractivity contribution in [2.75, 3.05) is 11.4 Å². The van der Waals surface area contributed by atoms with Crippen molar-refractivity contribution in [2.45, 2.75) is 6.92 Å². The van der Waals surface area contributed by atoms with Crippen LogP contribution in [0.25, 0.3) is 0 Å². The number of rotatable bonds is 4. The van der Waals surface area contributed by atoms with Crippen molar-refractivity contribution in [3.63, 3.8) is 0 Å². The summed E-state index contributed by atoms with van der Waals surface area (Å²) in [6.07, 6.45) is 1.23. The lowest BCUT2D eigenvalue weighted by Crippen LogP contribution is -2.20. The minimum absolute atomic E-state index is 0.0981. The highest BCUT2D eigenvalue weighted by Crippen LogP contribution is 2.27. The number of hydrogen-bond acceptors (Lipinski definition) is 3. The summed E-state index contributed by atoms with van der Waals surface area (Å²) in [7, 11) is 0. The van der Waals surface area contributed by atoms with Gasteiger partial charge in [-0.25, -0.2) is 18.6 Å². The molecule has 0 radical (unpaired) electrons. The molecule has 1 N–H and O–H groups in total. The zero-order valence-electron chi connectivity index (χ0n) is 10.7. The van der Waals surface area contributed by atoms with Crippen molar-refractivity contribution in [3.8, 4) is 0 Å². The molecule has 0 aliphatic heterocycles. The van der Waals surface area contributed by atoms with E-state index >= 15 is 0 Å². The highest BCUT2D eigenvalue weighted by molar-refractivity contribution is 5.89. The van der Waals surface area contributed by atoms with Crippen molar-refractivity contribution in [2.24, 2.45) is 0 Å². The molecule has 104 valence electrons. The summed E-state index contributed by atoms with van der Waals surface area (Å²) in [5, 5.41) is 8.92. The minimum atomic E-state index is -1.36. The predicted molar refractivity (Wildman–Crippen MR) is 70.2 cm³/mol. The standard InChI is InChI=1S/C14H12F2N2O2/c1-2-18(10-5-3-9(15)4-6-10)13-12(16)11(14(19)20)7-8-17-13/h3-8H,2H2,1H3,(H,19,20). The molecule has 1 aromatic carbocycles. The molecule has 0 amide bonds. The maximum Gasteiger partial charge on any atom is 0.338 e. The van der Waals surface area contributed by atoms with Gasteiger partial charge in [-0.05, 0) is 37.3 Å². The number of pyridine rings is 1. The lowest BCUT2D eigenvalue weighted by molar-refractivity contribution is 0.0691. The lowest BCUT2D eigenvalue weighted by atomic mass is 10.2. The van der Waals surface area contributed by atoms with E-state index in [0.29, 0.717) is 12.2 Å². The zero-order chi connectivity index (χ0) is 14.7. The third kappa shape index (κ3) is 2.59. The monoisotopic (exact) mass is 278 g/mol. The normalized spacial score (nSPS) is 10.3. The second-order valence-corrected chi connectivity index (χ2v) is 4.02. The number of aromatic nitrogens is 1. The van der Waals surface area contributed by atoms with Crippen molar-refractivity contribution in [1.29, 1.82) is 0 Å². The summed E-state index contributed by atoms with van der Waals surface area (Å²) in [6.45, 7) is 2.12. The highest BCUT2D eigenvalue weighted by Gasteiger charge is 2.20. The first-order valence-electron chi connectivity index (χ1n) is 5.95. The zero-order valence-corrected chi connectivity index (χ0v) is 10.7. The number of carboxylic acid groups (broad SMARTS) is 1. The first-order valence-corrected chi connectivity index (χ1v) is 5.95. The molecule has 20 heavy (non-hydrogen) atoms. The second kappa shape index (κ2) is 5.64. The molecule has 0 atom stereocenters. The Bertz CT molecular complexity index is 630. The second-order valence-electron chi connectivity index (χ2n) is 4.02. The summed E-state index contributed by atoms with van der Waals surface area (Å²) in [6, 6.07) is 6.55. The topological polar surface area (TPSA) is 53.4 Å². The Balaban J connectivity index is 2.49. The van der Waals surface area contributed by atoms with Crippen molar-refractivity contribution in [1.82, 2.24) is 4.98 Å². The molecule has 1 aromatic heterocycles. The van der Waals surface area contributed by atoms with Gasteiger partial charge in [-0.2, -0.15) is 0 Å². The Kier molecular flexibility index (Phi) is 3.93. The van der Waals surface area contributed by atoms with Gasteiger partial charge in [0.25, 0.3) is 0 Å². The van der Waals surface area contributed by atoms with Gasteiger partial charge in [0.15, 0.2) is 11.6 Å². The lowest BCUT2D eigenvalue weighted by Gasteiger charge is -2.22. The molecule has 6 heteroatoms. The van der Waals surface area contributed by atoms with Gasteiger partial charge in [0.2, 0.25) is 0 Å². The molecule has 0 aliphatic carbocycles. The van der Waals surface area contributed by atoms with Crippen LogP contribution in [0.4, 0.5) is 20.3 Å². The van der Waals surface area contributed by atoms with Crippen LogP contribution >= 0.6 is 0 Å². The Morgan fingerprint density at radius 3 is 2.45 bits per heavy atom. The van der Waals surface area contributed by atoms with Gasteiger partial charge in [0.1, 0.15) is 11.4 Å². The number of carboxylic acids is 1. The van der Waals surface area contributed by atoms with Gasteiger partial charge in [0, 0.05) is 18.4 Å². The Morgan fingerprint density at radius 1 is 1.25 bits per heavy atom. The molecule has 0 saturated heterocycles. The SMILES string of the molecule is CCN(c1ccc(F)cc1)c1nccc(C(=O)O)c1F. The van der Waals surface area contributed by atoms with E-state index in [1.54, 1.807) is 6.92 Å². The number of halogens is 2. The molecule has 2 rings (SSSR count). The number of hydrogen-bond donors (Lipinski definition) is 1. The first-order chi connectivity index (χ1) is 9.54. The van der Waals surface area contributed by atoms with Gasteiger partial charge in [-0.1, -0.05) is 0 Å².